The maximum atomic E-state index is 9.63. The summed E-state index contributed by atoms with van der Waals surface area (Å²) < 4.78 is 0. The molecule has 7 N–H and O–H groups in total. The molecule has 0 aromatic heterocycles. The van der Waals surface area contributed by atoms with Gasteiger partial charge >= 0.3 is 31.2 Å². The monoisotopic (exact) mass is 478 g/mol. The van der Waals surface area contributed by atoms with Gasteiger partial charge in [0.2, 0.25) is 0 Å². The van der Waals surface area contributed by atoms with Gasteiger partial charge in [-0.05, 0) is 0 Å². The fourth-order valence-electron chi connectivity index (χ4n) is 0.516. The number of aliphatic hydroxyl groups is 4. The van der Waals surface area contributed by atoms with E-state index in [2.05, 4.69) is 0 Å². The molecule has 0 saturated heterocycles. The van der Waals surface area contributed by atoms with Crippen molar-refractivity contribution in [2.75, 3.05) is 0 Å². The van der Waals surface area contributed by atoms with Crippen LogP contribution in [0.5, 0.6) is 0 Å². The Morgan fingerprint density at radius 1 is 0.560 bits per heavy atom. The first kappa shape index (κ1) is 31.3. The van der Waals surface area contributed by atoms with Crippen LogP contribution >= 0.6 is 0 Å². The fraction of sp³-hybridized carbons (Fsp3) is 0.500. The molecule has 4 unspecified atom stereocenters. The van der Waals surface area contributed by atoms with Crippen molar-refractivity contribution in [3.05, 3.63) is 0 Å². The number of aliphatic hydroxyl groups excluding tert-OH is 4. The molecule has 4 atom stereocenters. The van der Waals surface area contributed by atoms with E-state index >= 15 is 0 Å². The molecule has 0 aromatic carbocycles. The molecule has 15 nitrogen and oxygen atoms in total. The second-order valence-electron chi connectivity index (χ2n) is 3.40. The number of carbonyl (C=O) groups is 4. The molecule has 0 bridgehead atoms. The van der Waals surface area contributed by atoms with Gasteiger partial charge in [0.15, 0.2) is 0 Å². The van der Waals surface area contributed by atoms with Crippen LogP contribution in [-0.2, 0) is 19.2 Å². The van der Waals surface area contributed by atoms with Gasteiger partial charge in [0.05, 0.1) is 23.9 Å². The zero-order chi connectivity index (χ0) is 20.2. The average Bonchev–Trinajstić information content (AvgIpc) is 2.43. The summed E-state index contributed by atoms with van der Waals surface area (Å²) in [5.41, 5.74) is 0. The van der Waals surface area contributed by atoms with Crippen molar-refractivity contribution in [1.82, 2.24) is 0 Å². The predicted octanol–water partition coefficient (Wildman–Crippen LogP) is -12.0. The zero-order valence-electron chi connectivity index (χ0n) is 11.8. The molecule has 17 heteroatoms. The van der Waals surface area contributed by atoms with Crippen LogP contribution in [0, 0.1) is 0 Å². The minimum Gasteiger partial charge on any atom is -0.547 e. The van der Waals surface area contributed by atoms with Crippen LogP contribution in [0.1, 0.15) is 0 Å². The molecule has 0 rings (SSSR count). The summed E-state index contributed by atoms with van der Waals surface area (Å²) in [6, 6.07) is 0. The van der Waals surface area contributed by atoms with E-state index in [0.29, 0.717) is 0 Å². The first-order chi connectivity index (χ1) is 10.7. The Labute approximate surface area is 155 Å². The Bertz CT molecular complexity index is 353. The Hall–Kier alpha value is -1.54. The summed E-state index contributed by atoms with van der Waals surface area (Å²) in [5.74, 6) is -8.23. The van der Waals surface area contributed by atoms with Crippen molar-refractivity contribution in [3.8, 4) is 0 Å². The van der Waals surface area contributed by atoms with Crippen LogP contribution in [0.25, 0.3) is 0 Å². The predicted molar refractivity (Wildman–Crippen MR) is 62.2 cm³/mol. The number of hydrogen-bond donors (Lipinski definition) is 7. The van der Waals surface area contributed by atoms with E-state index in [1.165, 1.54) is 0 Å². The van der Waals surface area contributed by atoms with Crippen molar-refractivity contribution < 1.29 is 75.1 Å². The van der Waals surface area contributed by atoms with Crippen molar-refractivity contribution in [1.29, 1.82) is 0 Å². The van der Waals surface area contributed by atoms with Crippen molar-refractivity contribution in [2.24, 2.45) is 0 Å². The van der Waals surface area contributed by atoms with Crippen molar-refractivity contribution in [2.45, 2.75) is 24.4 Å². The molecule has 0 aliphatic heterocycles. The first-order valence-electron chi connectivity index (χ1n) is 5.26. The summed E-state index contributed by atoms with van der Waals surface area (Å²) in [7, 11) is -2.17. The fourth-order valence-corrected chi connectivity index (χ4v) is 0.516. The van der Waals surface area contributed by atoms with Gasteiger partial charge in [-0.2, -0.15) is 0 Å². The van der Waals surface area contributed by atoms with Crippen LogP contribution in [-0.4, -0.2) is 115 Å². The second-order valence-corrected chi connectivity index (χ2v) is 3.40. The van der Waals surface area contributed by atoms with Crippen molar-refractivity contribution >= 4 is 55.1 Å². The summed E-state index contributed by atoms with van der Waals surface area (Å²) >= 11 is 0. The van der Waals surface area contributed by atoms with Crippen molar-refractivity contribution in [3.63, 3.8) is 0 Å². The SMILES string of the molecule is O=C([O-])C(O)C(O)C(=O)[O-].O=C([O-])C(O)C(O)C(=O)[O-].OB(O)O.[Sn+4]. The molecule has 25 heavy (non-hydrogen) atoms. The van der Waals surface area contributed by atoms with Gasteiger partial charge in [-0.15, -0.1) is 0 Å². The number of carboxylic acid groups (broad SMARTS) is 4. The molecule has 0 saturated carbocycles. The largest absolute Gasteiger partial charge is 4.00 e. The second kappa shape index (κ2) is 16.0. The van der Waals surface area contributed by atoms with Crippen LogP contribution in [0.2, 0.25) is 0 Å². The Morgan fingerprint density at radius 3 is 0.680 bits per heavy atom. The summed E-state index contributed by atoms with van der Waals surface area (Å²) in [6.07, 6.45) is -9.76. The summed E-state index contributed by atoms with van der Waals surface area (Å²) in [6.45, 7) is 0. The van der Waals surface area contributed by atoms with E-state index in [0.717, 1.165) is 0 Å². The molecule has 0 aromatic rings. The molecule has 0 radical (unpaired) electrons. The van der Waals surface area contributed by atoms with Gasteiger partial charge in [0.1, 0.15) is 24.4 Å². The molecular formula is C8H11BO15Sn. The first-order valence-corrected chi connectivity index (χ1v) is 5.26. The van der Waals surface area contributed by atoms with Crippen LogP contribution in [0.3, 0.4) is 0 Å². The van der Waals surface area contributed by atoms with E-state index in [1.54, 1.807) is 0 Å². The van der Waals surface area contributed by atoms with Crippen LogP contribution < -0.4 is 20.4 Å². The van der Waals surface area contributed by atoms with Gasteiger partial charge in [0.25, 0.3) is 0 Å². The minimum atomic E-state index is -2.44. The maximum absolute atomic E-state index is 9.63. The smallest absolute Gasteiger partial charge is 0.547 e. The van der Waals surface area contributed by atoms with Crippen LogP contribution in [0.4, 0.5) is 0 Å². The Morgan fingerprint density at radius 2 is 0.640 bits per heavy atom. The third-order valence-corrected chi connectivity index (χ3v) is 1.56. The van der Waals surface area contributed by atoms with Gasteiger partial charge in [-0.25, -0.2) is 0 Å². The summed E-state index contributed by atoms with van der Waals surface area (Å²) in [4.78, 5) is 38.5. The minimum absolute atomic E-state index is 0. The van der Waals surface area contributed by atoms with E-state index in [-0.39, 0.29) is 23.9 Å². The molecule has 0 aliphatic rings. The van der Waals surface area contributed by atoms with E-state index < -0.39 is 55.6 Å². The number of rotatable bonds is 6. The van der Waals surface area contributed by atoms with Crippen LogP contribution in [0.15, 0.2) is 0 Å². The molecule has 140 valence electrons. The van der Waals surface area contributed by atoms with Gasteiger partial charge in [-0.3, -0.25) is 0 Å². The van der Waals surface area contributed by atoms with E-state index in [1.807, 2.05) is 0 Å². The van der Waals surface area contributed by atoms with E-state index in [9.17, 15) is 39.6 Å². The van der Waals surface area contributed by atoms with E-state index in [4.69, 9.17) is 35.5 Å². The zero-order valence-corrected chi connectivity index (χ0v) is 14.6. The number of carboxylic acids is 4. The Balaban J connectivity index is -0.000000141. The quantitative estimate of drug-likeness (QED) is 0.175. The summed E-state index contributed by atoms with van der Waals surface area (Å²) in [5, 5.41) is 93.0. The molecule has 0 fully saturated rings. The van der Waals surface area contributed by atoms with Gasteiger partial charge in [-0.1, -0.05) is 0 Å². The van der Waals surface area contributed by atoms with Gasteiger partial charge < -0.3 is 75.1 Å². The number of aliphatic carboxylic acids is 4. The third-order valence-electron chi connectivity index (χ3n) is 1.56. The molecule has 0 aliphatic carbocycles. The molecule has 0 spiro atoms. The number of hydrogen-bond acceptors (Lipinski definition) is 15. The molecular weight excluding hydrogens is 466 g/mol. The van der Waals surface area contributed by atoms with Gasteiger partial charge in [0, 0.05) is 0 Å². The standard InChI is InChI=1S/2C4H6O6.BH3O3.Sn/c2*5-1(3(7)8)2(6)4(9)10;2-1(3)4;/h2*1-2,5-6H,(H,7,8)(H,9,10);2-4H;/q;;;+4/p-4. The topological polar surface area (TPSA) is 302 Å². The maximum Gasteiger partial charge on any atom is 4.00 e. The normalized spacial score (nSPS) is 13.7. The third kappa shape index (κ3) is 18.6. The average molecular weight is 477 g/mol. The molecule has 0 heterocycles. The number of carbonyl (C=O) groups excluding carboxylic acids is 4. The molecule has 0 amide bonds. The Kier molecular flexibility index (Phi) is 20.0.